The van der Waals surface area contributed by atoms with E-state index in [4.69, 9.17) is 14.2 Å². The minimum absolute atomic E-state index is 0.0214. The van der Waals surface area contributed by atoms with E-state index in [-0.39, 0.29) is 49.4 Å². The topological polar surface area (TPSA) is 143 Å². The molecular formula is C34H28N6O5S2. The number of thiazole rings is 2. The average Bonchev–Trinajstić information content (AvgIpc) is 3.79. The molecule has 2 N–H and O–H groups in total. The maximum absolute atomic E-state index is 10.2. The Morgan fingerprint density at radius 2 is 0.979 bits per heavy atom. The van der Waals surface area contributed by atoms with Gasteiger partial charge in [-0.05, 0) is 24.3 Å². The summed E-state index contributed by atoms with van der Waals surface area (Å²) >= 11 is 2.78. The van der Waals surface area contributed by atoms with Crippen LogP contribution in [0, 0.1) is 0 Å². The largest absolute Gasteiger partial charge is 0.504 e. The molecule has 236 valence electrons. The molecule has 6 aromatic rings. The minimum Gasteiger partial charge on any atom is -0.504 e. The fourth-order valence-electron chi connectivity index (χ4n) is 4.19. The van der Waals surface area contributed by atoms with Gasteiger partial charge in [0.25, 0.3) is 0 Å². The predicted octanol–water partition coefficient (Wildman–Crippen LogP) is 9.65. The molecule has 6 rings (SSSR count). The lowest BCUT2D eigenvalue weighted by molar-refractivity contribution is 0.0751. The molecule has 47 heavy (non-hydrogen) atoms. The van der Waals surface area contributed by atoms with E-state index < -0.39 is 0 Å². The van der Waals surface area contributed by atoms with Crippen LogP contribution in [0.5, 0.6) is 23.0 Å². The van der Waals surface area contributed by atoms with Gasteiger partial charge in [0.2, 0.25) is 10.3 Å². The van der Waals surface area contributed by atoms with Crippen LogP contribution < -0.4 is 9.47 Å². The molecule has 0 aliphatic heterocycles. The van der Waals surface area contributed by atoms with Crippen LogP contribution >= 0.6 is 22.7 Å². The molecule has 0 spiro atoms. The molecule has 11 nitrogen and oxygen atoms in total. The normalized spacial score (nSPS) is 11.4. The second-order valence-electron chi connectivity index (χ2n) is 9.78. The number of rotatable bonds is 14. The van der Waals surface area contributed by atoms with Gasteiger partial charge in [0.15, 0.2) is 23.0 Å². The van der Waals surface area contributed by atoms with Gasteiger partial charge in [-0.15, -0.1) is 43.1 Å². The summed E-state index contributed by atoms with van der Waals surface area (Å²) in [6.45, 7) is 0.861. The van der Waals surface area contributed by atoms with Gasteiger partial charge in [-0.25, -0.2) is 9.97 Å². The van der Waals surface area contributed by atoms with Crippen molar-refractivity contribution < 1.29 is 24.4 Å². The summed E-state index contributed by atoms with van der Waals surface area (Å²) in [5, 5.41) is 42.2. The second-order valence-corrected chi connectivity index (χ2v) is 11.4. The van der Waals surface area contributed by atoms with Crippen molar-refractivity contribution in [1.29, 1.82) is 0 Å². The fourth-order valence-corrected chi connectivity index (χ4v) is 5.48. The van der Waals surface area contributed by atoms with Crippen molar-refractivity contribution in [1.82, 2.24) is 9.97 Å². The third kappa shape index (κ3) is 8.82. The molecule has 0 saturated heterocycles. The number of hydrogen-bond acceptors (Lipinski definition) is 13. The summed E-state index contributed by atoms with van der Waals surface area (Å²) in [5.74, 6) is 0.476. The van der Waals surface area contributed by atoms with Crippen molar-refractivity contribution in [2.75, 3.05) is 26.4 Å². The number of ether oxygens (including phenoxy) is 3. The Balaban J connectivity index is 0.932. The van der Waals surface area contributed by atoms with Gasteiger partial charge in [-0.2, -0.15) is 0 Å². The first-order valence-corrected chi connectivity index (χ1v) is 16.2. The maximum atomic E-state index is 10.2. The van der Waals surface area contributed by atoms with Crippen molar-refractivity contribution in [3.05, 3.63) is 108 Å². The minimum atomic E-state index is -0.0214. The number of phenolic OH excluding ortho intramolecular Hbond substituents is 2. The Labute approximate surface area is 278 Å². The number of phenols is 2. The van der Waals surface area contributed by atoms with Crippen LogP contribution in [0.4, 0.5) is 21.6 Å². The molecule has 0 fully saturated rings. The number of benzene rings is 4. The molecule has 0 unspecified atom stereocenters. The molecule has 0 bridgehead atoms. The Kier molecular flexibility index (Phi) is 10.5. The van der Waals surface area contributed by atoms with E-state index in [0.29, 0.717) is 21.6 Å². The van der Waals surface area contributed by atoms with Gasteiger partial charge < -0.3 is 24.4 Å². The summed E-state index contributed by atoms with van der Waals surface area (Å²) in [6.07, 6.45) is 0. The number of aromatic hydroxyl groups is 2. The van der Waals surface area contributed by atoms with Crippen LogP contribution in [0.3, 0.4) is 0 Å². The van der Waals surface area contributed by atoms with Gasteiger partial charge in [-0.1, -0.05) is 60.7 Å². The second kappa shape index (κ2) is 15.7. The van der Waals surface area contributed by atoms with E-state index in [9.17, 15) is 10.2 Å². The predicted molar refractivity (Wildman–Crippen MR) is 181 cm³/mol. The van der Waals surface area contributed by atoms with Crippen LogP contribution in [0.2, 0.25) is 0 Å². The third-order valence-corrected chi connectivity index (χ3v) is 7.93. The molecule has 13 heteroatoms. The maximum Gasteiger partial charge on any atom is 0.230 e. The SMILES string of the molecule is Oc1ccc(N=Nc2nc(-c3ccccc3)cs2)cc1OCCOCCOc1cc(N=Nc2nc(-c3ccccc3)cs2)ccc1O. The average molecular weight is 665 g/mol. The zero-order chi connectivity index (χ0) is 32.3. The summed E-state index contributed by atoms with van der Waals surface area (Å²) in [7, 11) is 0. The van der Waals surface area contributed by atoms with Crippen molar-refractivity contribution >= 4 is 44.3 Å². The van der Waals surface area contributed by atoms with E-state index in [1.54, 1.807) is 24.3 Å². The summed E-state index contributed by atoms with van der Waals surface area (Å²) < 4.78 is 17.0. The molecule has 0 aliphatic rings. The highest BCUT2D eigenvalue weighted by atomic mass is 32.1. The van der Waals surface area contributed by atoms with E-state index in [0.717, 1.165) is 22.5 Å². The highest BCUT2D eigenvalue weighted by molar-refractivity contribution is 7.14. The Bertz CT molecular complexity index is 1820. The molecule has 0 aliphatic carbocycles. The zero-order valence-corrected chi connectivity index (χ0v) is 26.5. The van der Waals surface area contributed by atoms with Crippen LogP contribution in [0.25, 0.3) is 22.5 Å². The van der Waals surface area contributed by atoms with Gasteiger partial charge in [-0.3, -0.25) is 0 Å². The van der Waals surface area contributed by atoms with Crippen LogP contribution in [0.15, 0.2) is 128 Å². The summed E-state index contributed by atoms with van der Waals surface area (Å²) in [4.78, 5) is 9.01. The first kappa shape index (κ1) is 31.5. The van der Waals surface area contributed by atoms with E-state index in [1.807, 2.05) is 71.4 Å². The van der Waals surface area contributed by atoms with Crippen LogP contribution in [-0.4, -0.2) is 46.6 Å². The first-order valence-electron chi connectivity index (χ1n) is 14.5. The number of nitrogens with zero attached hydrogens (tertiary/aromatic N) is 6. The fraction of sp³-hybridized carbons (Fsp3) is 0.118. The van der Waals surface area contributed by atoms with Gasteiger partial charge in [0.05, 0.1) is 36.0 Å². The smallest absolute Gasteiger partial charge is 0.230 e. The first-order chi connectivity index (χ1) is 23.1. The van der Waals surface area contributed by atoms with Crippen molar-refractivity contribution in [3.63, 3.8) is 0 Å². The van der Waals surface area contributed by atoms with Crippen molar-refractivity contribution in [2.24, 2.45) is 20.5 Å². The van der Waals surface area contributed by atoms with Gasteiger partial charge in [0.1, 0.15) is 13.2 Å². The van der Waals surface area contributed by atoms with E-state index in [2.05, 4.69) is 30.4 Å². The van der Waals surface area contributed by atoms with E-state index in [1.165, 1.54) is 34.8 Å². The molecule has 4 aromatic carbocycles. The Morgan fingerprint density at radius 3 is 1.43 bits per heavy atom. The summed E-state index contributed by atoms with van der Waals surface area (Å²) in [6, 6.07) is 29.1. The number of azo groups is 2. The highest BCUT2D eigenvalue weighted by Crippen LogP contribution is 2.34. The Hall–Kier alpha value is -5.50. The van der Waals surface area contributed by atoms with E-state index >= 15 is 0 Å². The molecule has 2 aromatic heterocycles. The molecule has 0 atom stereocenters. The zero-order valence-electron chi connectivity index (χ0n) is 24.8. The quantitative estimate of drug-likeness (QED) is 0.0871. The number of aromatic nitrogens is 2. The molecule has 0 radical (unpaired) electrons. The highest BCUT2D eigenvalue weighted by Gasteiger charge is 2.08. The molecule has 2 heterocycles. The van der Waals surface area contributed by atoms with Crippen LogP contribution in [-0.2, 0) is 4.74 Å². The lowest BCUT2D eigenvalue weighted by Crippen LogP contribution is -2.12. The van der Waals surface area contributed by atoms with Gasteiger partial charge >= 0.3 is 0 Å². The summed E-state index contributed by atoms with van der Waals surface area (Å²) in [5.41, 5.74) is 4.71. The third-order valence-electron chi connectivity index (χ3n) is 6.48. The number of hydrogen-bond donors (Lipinski definition) is 2. The lowest BCUT2D eigenvalue weighted by atomic mass is 10.2. The van der Waals surface area contributed by atoms with Crippen molar-refractivity contribution in [2.45, 2.75) is 0 Å². The molecular weight excluding hydrogens is 637 g/mol. The Morgan fingerprint density at radius 1 is 0.532 bits per heavy atom. The lowest BCUT2D eigenvalue weighted by Gasteiger charge is -2.10. The van der Waals surface area contributed by atoms with Crippen molar-refractivity contribution in [3.8, 4) is 45.5 Å². The van der Waals surface area contributed by atoms with Crippen LogP contribution in [0.1, 0.15) is 0 Å². The molecule has 0 saturated carbocycles. The van der Waals surface area contributed by atoms with Gasteiger partial charge in [0, 0.05) is 34.0 Å². The monoisotopic (exact) mass is 664 g/mol. The molecule has 0 amide bonds. The standard InChI is InChI=1S/C34H28N6O5S2/c41-29-13-11-25(37-39-33-35-27(21-46-33)23-7-3-1-4-8-23)19-31(29)44-17-15-43-16-18-45-32-20-26(12-14-30(32)42)38-40-34-36-28(22-47-34)24-9-5-2-6-10-24/h1-14,19-22,41-42H,15-18H2.